The number of hydrogen-bond donors (Lipinski definition) is 0. The maximum Gasteiger partial charge on any atom is 0.418 e. The fourth-order valence-corrected chi connectivity index (χ4v) is 5.24. The van der Waals surface area contributed by atoms with Gasteiger partial charge in [0.05, 0.1) is 17.1 Å². The lowest BCUT2D eigenvalue weighted by molar-refractivity contribution is 0.0544. The second-order valence-electron chi connectivity index (χ2n) is 10.4. The average molecular weight is 444 g/mol. The molecule has 1 aromatic heterocycles. The molecule has 2 aromatic carbocycles. The Hall–Kier alpha value is -3.10. The van der Waals surface area contributed by atoms with Gasteiger partial charge in [-0.25, -0.2) is 4.79 Å². The van der Waals surface area contributed by atoms with Crippen molar-refractivity contribution >= 4 is 17.0 Å². The highest BCUT2D eigenvalue weighted by Crippen LogP contribution is 2.37. The predicted molar refractivity (Wildman–Crippen MR) is 132 cm³/mol. The number of fused-ring (bicyclic) bond motifs is 1. The largest absolute Gasteiger partial charge is 0.443 e. The highest BCUT2D eigenvalue weighted by Gasteiger charge is 2.33. The first kappa shape index (κ1) is 23.1. The van der Waals surface area contributed by atoms with Crippen molar-refractivity contribution in [3.05, 3.63) is 70.4 Å². The molecular formula is C28H33N3O2. The number of likely N-dealkylation sites (N-methyl/N-ethyl adjacent to an activating group) is 1. The summed E-state index contributed by atoms with van der Waals surface area (Å²) in [6, 6.07) is 14.5. The smallest absolute Gasteiger partial charge is 0.418 e. The summed E-state index contributed by atoms with van der Waals surface area (Å²) in [4.78, 5) is 15.3. The number of nitrogens with zero attached hydrogens (tertiary/aromatic N) is 3. The van der Waals surface area contributed by atoms with E-state index >= 15 is 0 Å². The Morgan fingerprint density at radius 2 is 1.82 bits per heavy atom. The van der Waals surface area contributed by atoms with Crippen LogP contribution in [0.2, 0.25) is 0 Å². The molecule has 5 heteroatoms. The molecule has 172 valence electrons. The highest BCUT2D eigenvalue weighted by atomic mass is 16.6. The lowest BCUT2D eigenvalue weighted by atomic mass is 9.82. The van der Waals surface area contributed by atoms with Crippen molar-refractivity contribution in [3.8, 4) is 6.07 Å². The lowest BCUT2D eigenvalue weighted by Gasteiger charge is -2.22. The molecule has 0 aliphatic carbocycles. The summed E-state index contributed by atoms with van der Waals surface area (Å²) in [5, 5.41) is 10.3. The average Bonchev–Trinajstić information content (AvgIpc) is 3.34. The van der Waals surface area contributed by atoms with E-state index in [2.05, 4.69) is 56.1 Å². The number of aromatic nitrogens is 1. The normalized spacial score (nSPS) is 19.1. The van der Waals surface area contributed by atoms with Gasteiger partial charge in [-0.1, -0.05) is 18.2 Å². The SMILES string of the molecule is Cc1cc(C)c2c(ccn2C(=O)OC(C)(C)C)c1C[C@@H]1CN(C)C[C@H]1c1ccc(C#N)cc1. The summed E-state index contributed by atoms with van der Waals surface area (Å²) in [7, 11) is 2.17. The van der Waals surface area contributed by atoms with E-state index in [0.717, 1.165) is 36.0 Å². The third kappa shape index (κ3) is 4.67. The van der Waals surface area contributed by atoms with Crippen LogP contribution in [-0.4, -0.2) is 41.3 Å². The summed E-state index contributed by atoms with van der Waals surface area (Å²) in [5.41, 5.74) is 6.02. The van der Waals surface area contributed by atoms with E-state index in [-0.39, 0.29) is 6.09 Å². The Balaban J connectivity index is 1.70. The first-order chi connectivity index (χ1) is 15.6. The second-order valence-corrected chi connectivity index (χ2v) is 10.4. The van der Waals surface area contributed by atoms with Crippen LogP contribution in [0.5, 0.6) is 0 Å². The van der Waals surface area contributed by atoms with Crippen molar-refractivity contribution < 1.29 is 9.53 Å². The van der Waals surface area contributed by atoms with Gasteiger partial charge in [0.15, 0.2) is 0 Å². The summed E-state index contributed by atoms with van der Waals surface area (Å²) < 4.78 is 7.30. The molecule has 2 heterocycles. The Morgan fingerprint density at radius 1 is 1.12 bits per heavy atom. The molecule has 0 spiro atoms. The van der Waals surface area contributed by atoms with E-state index in [4.69, 9.17) is 10.00 Å². The molecule has 2 atom stereocenters. The third-order valence-electron chi connectivity index (χ3n) is 6.64. The number of carbonyl (C=O) groups is 1. The fraction of sp³-hybridized carbons (Fsp3) is 0.429. The van der Waals surface area contributed by atoms with E-state index in [1.54, 1.807) is 4.57 Å². The molecule has 1 aliphatic heterocycles. The summed E-state index contributed by atoms with van der Waals surface area (Å²) in [5.74, 6) is 0.865. The lowest BCUT2D eigenvalue weighted by Crippen LogP contribution is -2.26. The van der Waals surface area contributed by atoms with Crippen LogP contribution in [-0.2, 0) is 11.2 Å². The molecule has 1 saturated heterocycles. The Kier molecular flexibility index (Phi) is 6.07. The Labute approximate surface area is 196 Å². The van der Waals surface area contributed by atoms with E-state index < -0.39 is 5.60 Å². The molecule has 0 amide bonds. The van der Waals surface area contributed by atoms with Crippen LogP contribution in [0.3, 0.4) is 0 Å². The first-order valence-corrected chi connectivity index (χ1v) is 11.6. The number of rotatable bonds is 3. The minimum absolute atomic E-state index is 0.341. The molecule has 0 bridgehead atoms. The standard InChI is InChI=1S/C28H33N3O2/c1-18-13-19(2)26-23(11-12-31(26)27(32)33-28(3,4)5)24(18)14-22-16-30(6)17-25(22)21-9-7-20(15-29)8-10-21/h7-13,22,25H,14,16-17H2,1-6H3/t22-,25+/m1/s1. The zero-order chi connectivity index (χ0) is 23.9. The molecule has 5 nitrogen and oxygen atoms in total. The van der Waals surface area contributed by atoms with Crippen LogP contribution in [0.25, 0.3) is 10.9 Å². The van der Waals surface area contributed by atoms with Crippen LogP contribution in [0, 0.1) is 31.1 Å². The van der Waals surface area contributed by atoms with Crippen molar-refractivity contribution in [3.63, 3.8) is 0 Å². The van der Waals surface area contributed by atoms with Gasteiger partial charge in [0.25, 0.3) is 0 Å². The quantitative estimate of drug-likeness (QED) is 0.513. The van der Waals surface area contributed by atoms with Crippen molar-refractivity contribution in [2.75, 3.05) is 20.1 Å². The van der Waals surface area contributed by atoms with Gasteiger partial charge in [0.1, 0.15) is 5.60 Å². The van der Waals surface area contributed by atoms with Gasteiger partial charge >= 0.3 is 6.09 Å². The van der Waals surface area contributed by atoms with Crippen molar-refractivity contribution in [1.82, 2.24) is 9.47 Å². The van der Waals surface area contributed by atoms with Gasteiger partial charge in [-0.15, -0.1) is 0 Å². The number of ether oxygens (including phenoxy) is 1. The van der Waals surface area contributed by atoms with Crippen LogP contribution in [0.4, 0.5) is 4.79 Å². The number of benzene rings is 2. The Bertz CT molecular complexity index is 1230. The number of aryl methyl sites for hydroxylation is 2. The monoisotopic (exact) mass is 443 g/mol. The molecule has 0 saturated carbocycles. The van der Waals surface area contributed by atoms with Crippen molar-refractivity contribution in [2.45, 2.75) is 52.6 Å². The Morgan fingerprint density at radius 3 is 2.45 bits per heavy atom. The molecule has 3 aromatic rings. The van der Waals surface area contributed by atoms with Gasteiger partial charge < -0.3 is 9.64 Å². The molecule has 1 fully saturated rings. The predicted octanol–water partition coefficient (Wildman–Crippen LogP) is 5.80. The van der Waals surface area contributed by atoms with Crippen molar-refractivity contribution in [2.24, 2.45) is 5.92 Å². The van der Waals surface area contributed by atoms with E-state index in [1.807, 2.05) is 39.1 Å². The molecule has 0 N–H and O–H groups in total. The molecule has 33 heavy (non-hydrogen) atoms. The number of carbonyl (C=O) groups excluding carboxylic acids is 1. The maximum absolute atomic E-state index is 12.9. The highest BCUT2D eigenvalue weighted by molar-refractivity contribution is 5.94. The van der Waals surface area contributed by atoms with Gasteiger partial charge in [0.2, 0.25) is 0 Å². The minimum Gasteiger partial charge on any atom is -0.443 e. The summed E-state index contributed by atoms with van der Waals surface area (Å²) in [6.45, 7) is 11.9. The van der Waals surface area contributed by atoms with Crippen LogP contribution < -0.4 is 0 Å². The van der Waals surface area contributed by atoms with Gasteiger partial charge in [-0.05, 0) is 94.5 Å². The molecule has 1 aliphatic rings. The van der Waals surface area contributed by atoms with Gasteiger partial charge in [-0.3, -0.25) is 4.57 Å². The zero-order valence-electron chi connectivity index (χ0n) is 20.5. The number of likely N-dealkylation sites (tertiary alicyclic amines) is 1. The number of hydrogen-bond acceptors (Lipinski definition) is 4. The van der Waals surface area contributed by atoms with Gasteiger partial charge in [0, 0.05) is 30.6 Å². The van der Waals surface area contributed by atoms with Crippen molar-refractivity contribution in [1.29, 1.82) is 5.26 Å². The summed E-state index contributed by atoms with van der Waals surface area (Å²) in [6.07, 6.45) is 2.44. The molecule has 0 unspecified atom stereocenters. The maximum atomic E-state index is 12.9. The first-order valence-electron chi connectivity index (χ1n) is 11.6. The molecule has 4 rings (SSSR count). The van der Waals surface area contributed by atoms with Crippen LogP contribution in [0.15, 0.2) is 42.6 Å². The summed E-state index contributed by atoms with van der Waals surface area (Å²) >= 11 is 0. The topological polar surface area (TPSA) is 58.3 Å². The van der Waals surface area contributed by atoms with Crippen LogP contribution in [0.1, 0.15) is 54.5 Å². The van der Waals surface area contributed by atoms with Gasteiger partial charge in [-0.2, -0.15) is 5.26 Å². The second kappa shape index (κ2) is 8.68. The van der Waals surface area contributed by atoms with Crippen LogP contribution >= 0.6 is 0 Å². The molecule has 0 radical (unpaired) electrons. The van der Waals surface area contributed by atoms with E-state index in [0.29, 0.717) is 17.4 Å². The minimum atomic E-state index is -0.544. The fourth-order valence-electron chi connectivity index (χ4n) is 5.24. The van der Waals surface area contributed by atoms with E-state index in [9.17, 15) is 4.79 Å². The third-order valence-corrected chi connectivity index (χ3v) is 6.64. The zero-order valence-corrected chi connectivity index (χ0v) is 20.5. The number of nitriles is 1. The molecular weight excluding hydrogens is 410 g/mol. The van der Waals surface area contributed by atoms with E-state index in [1.165, 1.54) is 16.7 Å².